The van der Waals surface area contributed by atoms with Gasteiger partial charge in [0.2, 0.25) is 10.0 Å². The van der Waals surface area contributed by atoms with Gasteiger partial charge in [0, 0.05) is 35.6 Å². The number of halogens is 3. The number of benzene rings is 1. The van der Waals surface area contributed by atoms with Crippen molar-refractivity contribution < 1.29 is 30.8 Å². The molecule has 1 aromatic heterocycles. The Kier molecular flexibility index (Phi) is 5.34. The maximum atomic E-state index is 13.2. The fourth-order valence-corrected chi connectivity index (χ4v) is 4.71. The molecule has 7 nitrogen and oxygen atoms in total. The van der Waals surface area contributed by atoms with Crippen molar-refractivity contribution in [1.29, 1.82) is 0 Å². The van der Waals surface area contributed by atoms with Crippen LogP contribution in [0.1, 0.15) is 23.5 Å². The van der Waals surface area contributed by atoms with E-state index in [4.69, 9.17) is 9.85 Å². The predicted octanol–water partition coefficient (Wildman–Crippen LogP) is 2.34. The zero-order valence-corrected chi connectivity index (χ0v) is 17.8. The molecule has 2 atom stereocenters. The summed E-state index contributed by atoms with van der Waals surface area (Å²) in [5.41, 5.74) is 2.47. The number of sulfonamides is 1. The Labute approximate surface area is 188 Å². The predicted molar refractivity (Wildman–Crippen MR) is 114 cm³/mol. The molecular weight excluding hydrogens is 445 g/mol. The highest BCUT2D eigenvalue weighted by molar-refractivity contribution is 7.89. The molecule has 0 unspecified atom stereocenters. The standard InChI is InChI=1S/C21H23F3N4O3S/c1-3-4-17-14-27(32(30,31)18-9-10-19(25)26-13-18)11-12-28(17)16-7-5-15(6-8-16)20(2,29)21(22,23)24/h5-10,13,17,29H,11-12,14H2,1-2H3,(H2,25,26)/t17-,20+/m0/s1/i1D3. The average molecular weight is 472 g/mol. The largest absolute Gasteiger partial charge is 0.421 e. The first-order valence-electron chi connectivity index (χ1n) is 10.9. The average Bonchev–Trinajstić information content (AvgIpc) is 2.76. The Morgan fingerprint density at radius 3 is 2.47 bits per heavy atom. The van der Waals surface area contributed by atoms with Gasteiger partial charge in [0.25, 0.3) is 0 Å². The second-order valence-corrected chi connectivity index (χ2v) is 9.32. The first kappa shape index (κ1) is 19.8. The number of pyridine rings is 1. The van der Waals surface area contributed by atoms with Crippen LogP contribution in [0, 0.1) is 11.8 Å². The Balaban J connectivity index is 1.93. The highest BCUT2D eigenvalue weighted by Gasteiger charge is 2.51. The molecule has 0 spiro atoms. The summed E-state index contributed by atoms with van der Waals surface area (Å²) in [5.74, 6) is 4.86. The van der Waals surface area contributed by atoms with Gasteiger partial charge in [-0.15, -0.1) is 5.92 Å². The number of nitrogens with zero attached hydrogens (tertiary/aromatic N) is 3. The number of hydrogen-bond donors (Lipinski definition) is 2. The molecule has 2 heterocycles. The van der Waals surface area contributed by atoms with Crippen LogP contribution in [0.2, 0.25) is 0 Å². The van der Waals surface area contributed by atoms with Crippen molar-refractivity contribution in [2.45, 2.75) is 36.5 Å². The third kappa shape index (κ3) is 4.53. The molecule has 0 saturated carbocycles. The summed E-state index contributed by atoms with van der Waals surface area (Å²) in [5, 5.41) is 9.89. The molecule has 1 aliphatic rings. The fraction of sp³-hybridized carbons (Fsp3) is 0.381. The molecule has 0 bridgehead atoms. The minimum atomic E-state index is -4.89. The molecule has 172 valence electrons. The van der Waals surface area contributed by atoms with E-state index in [0.717, 1.165) is 22.6 Å². The van der Waals surface area contributed by atoms with Gasteiger partial charge in [-0.25, -0.2) is 13.4 Å². The minimum absolute atomic E-state index is 0.000670. The zero-order chi connectivity index (χ0) is 26.2. The maximum absolute atomic E-state index is 13.2. The number of anilines is 2. The van der Waals surface area contributed by atoms with Crippen molar-refractivity contribution in [3.63, 3.8) is 0 Å². The number of nitrogens with two attached hydrogens (primary N) is 1. The van der Waals surface area contributed by atoms with Crippen LogP contribution < -0.4 is 10.6 Å². The SMILES string of the molecule is [2H]C([2H])([2H])C#C[C@H]1CN(S(=O)(=O)c2ccc(N)nc2)CCN1c1ccc([C@@](C)(O)C(F)(F)F)cc1. The summed E-state index contributed by atoms with van der Waals surface area (Å²) in [4.78, 5) is 5.31. The summed E-state index contributed by atoms with van der Waals surface area (Å²) < 4.78 is 88.8. The molecule has 1 fully saturated rings. The lowest BCUT2D eigenvalue weighted by Gasteiger charge is -2.40. The van der Waals surface area contributed by atoms with Crippen LogP contribution in [0.4, 0.5) is 24.7 Å². The van der Waals surface area contributed by atoms with Crippen molar-refractivity contribution in [1.82, 2.24) is 9.29 Å². The lowest BCUT2D eigenvalue weighted by atomic mass is 9.95. The van der Waals surface area contributed by atoms with E-state index >= 15 is 0 Å². The van der Waals surface area contributed by atoms with Crippen molar-refractivity contribution >= 4 is 21.5 Å². The molecule has 3 N–H and O–H groups in total. The van der Waals surface area contributed by atoms with E-state index in [1.807, 2.05) is 0 Å². The van der Waals surface area contributed by atoms with Crippen LogP contribution >= 0.6 is 0 Å². The van der Waals surface area contributed by atoms with Gasteiger partial charge in [-0.1, -0.05) is 18.1 Å². The van der Waals surface area contributed by atoms with E-state index in [-0.39, 0.29) is 35.9 Å². The minimum Gasteiger partial charge on any atom is -0.384 e. The first-order chi connectivity index (χ1) is 16.0. The van der Waals surface area contributed by atoms with Gasteiger partial charge >= 0.3 is 6.18 Å². The Hall–Kier alpha value is -2.81. The molecule has 3 rings (SSSR count). The van der Waals surface area contributed by atoms with E-state index in [0.29, 0.717) is 12.6 Å². The number of hydrogen-bond acceptors (Lipinski definition) is 6. The number of nitrogen functional groups attached to an aromatic ring is 1. The van der Waals surface area contributed by atoms with Crippen LogP contribution in [-0.4, -0.2) is 54.7 Å². The van der Waals surface area contributed by atoms with Crippen molar-refractivity contribution in [3.8, 4) is 11.8 Å². The summed E-state index contributed by atoms with van der Waals surface area (Å²) in [6.07, 6.45) is -3.77. The Morgan fingerprint density at radius 1 is 1.22 bits per heavy atom. The van der Waals surface area contributed by atoms with Crippen LogP contribution in [0.15, 0.2) is 47.5 Å². The summed E-state index contributed by atoms with van der Waals surface area (Å²) in [7, 11) is -3.99. The normalized spacial score (nSPS) is 21.5. The number of alkyl halides is 3. The zero-order valence-electron chi connectivity index (χ0n) is 20.0. The Morgan fingerprint density at radius 2 is 1.91 bits per heavy atom. The third-order valence-corrected chi connectivity index (χ3v) is 7.14. The fourth-order valence-electron chi connectivity index (χ4n) is 3.33. The molecule has 0 aliphatic carbocycles. The topological polar surface area (TPSA) is 99.8 Å². The van der Waals surface area contributed by atoms with Crippen LogP contribution in [0.3, 0.4) is 0 Å². The number of piperazine rings is 1. The quantitative estimate of drug-likeness (QED) is 0.664. The lowest BCUT2D eigenvalue weighted by Crippen LogP contribution is -2.54. The molecule has 1 aromatic carbocycles. The van der Waals surface area contributed by atoms with E-state index in [2.05, 4.69) is 16.8 Å². The molecule has 11 heteroatoms. The van der Waals surface area contributed by atoms with Gasteiger partial charge in [0.15, 0.2) is 5.60 Å². The van der Waals surface area contributed by atoms with E-state index in [1.54, 1.807) is 4.90 Å². The Bertz CT molecular complexity index is 1220. The van der Waals surface area contributed by atoms with Gasteiger partial charge in [0.05, 0.1) is 0 Å². The second-order valence-electron chi connectivity index (χ2n) is 7.38. The second kappa shape index (κ2) is 8.61. The number of aliphatic hydroxyl groups is 1. The van der Waals surface area contributed by atoms with Crippen molar-refractivity contribution in [2.75, 3.05) is 30.3 Å². The van der Waals surface area contributed by atoms with Gasteiger partial charge in [-0.2, -0.15) is 17.5 Å². The van der Waals surface area contributed by atoms with Gasteiger partial charge in [0.1, 0.15) is 16.8 Å². The highest BCUT2D eigenvalue weighted by Crippen LogP contribution is 2.39. The molecule has 1 saturated heterocycles. The van der Waals surface area contributed by atoms with Crippen molar-refractivity contribution in [2.24, 2.45) is 0 Å². The van der Waals surface area contributed by atoms with Gasteiger partial charge in [-0.05, 0) is 43.6 Å². The van der Waals surface area contributed by atoms with Crippen LogP contribution in [0.25, 0.3) is 0 Å². The van der Waals surface area contributed by atoms with E-state index < -0.39 is 34.7 Å². The summed E-state index contributed by atoms with van der Waals surface area (Å²) in [6, 6.07) is 6.64. The lowest BCUT2D eigenvalue weighted by molar-refractivity contribution is -0.258. The molecule has 2 aromatic rings. The molecule has 32 heavy (non-hydrogen) atoms. The molecule has 0 radical (unpaired) electrons. The summed E-state index contributed by atoms with van der Waals surface area (Å²) >= 11 is 0. The smallest absolute Gasteiger partial charge is 0.384 e. The number of aromatic nitrogens is 1. The van der Waals surface area contributed by atoms with Crippen molar-refractivity contribution in [3.05, 3.63) is 48.2 Å². The van der Waals surface area contributed by atoms with Gasteiger partial charge in [-0.3, -0.25) is 0 Å². The number of rotatable bonds is 4. The monoisotopic (exact) mass is 471 g/mol. The van der Waals surface area contributed by atoms with Gasteiger partial charge < -0.3 is 15.7 Å². The molecular formula is C21H23F3N4O3S. The maximum Gasteiger partial charge on any atom is 0.421 e. The highest BCUT2D eigenvalue weighted by atomic mass is 32.2. The van der Waals surface area contributed by atoms with E-state index in [1.165, 1.54) is 24.3 Å². The first-order valence-corrected chi connectivity index (χ1v) is 10.9. The third-order valence-electron chi connectivity index (χ3n) is 5.29. The molecule has 1 aliphatic heterocycles. The molecule has 0 amide bonds. The van der Waals surface area contributed by atoms with Crippen LogP contribution in [-0.2, 0) is 15.6 Å². The van der Waals surface area contributed by atoms with E-state index in [9.17, 15) is 26.7 Å². The van der Waals surface area contributed by atoms with Crippen LogP contribution in [0.5, 0.6) is 0 Å². The summed E-state index contributed by atoms with van der Waals surface area (Å²) in [6.45, 7) is -2.07.